The number of rotatable bonds is 7. The fourth-order valence-corrected chi connectivity index (χ4v) is 4.74. The number of fused-ring (bicyclic) bond motifs is 2. The molecule has 1 aromatic heterocycles. The second kappa shape index (κ2) is 9.80. The third-order valence-corrected chi connectivity index (χ3v) is 6.59. The highest BCUT2D eigenvalue weighted by Gasteiger charge is 2.18. The summed E-state index contributed by atoms with van der Waals surface area (Å²) in [6.45, 7) is 6.91. The third kappa shape index (κ3) is 4.69. The lowest BCUT2D eigenvalue weighted by Gasteiger charge is -2.36. The molecular weight excluding hydrogens is 420 g/mol. The summed E-state index contributed by atoms with van der Waals surface area (Å²) < 4.78 is 5.87. The molecule has 0 bridgehead atoms. The first-order chi connectivity index (χ1) is 15.8. The van der Waals surface area contributed by atoms with E-state index in [0.29, 0.717) is 12.5 Å². The number of ether oxygens (including phenoxy) is 1. The molecule has 0 amide bonds. The van der Waals surface area contributed by atoms with Gasteiger partial charge < -0.3 is 15.0 Å². The molecule has 0 atom stereocenters. The maximum atomic E-state index is 6.40. The van der Waals surface area contributed by atoms with Crippen molar-refractivity contribution in [3.63, 3.8) is 0 Å². The summed E-state index contributed by atoms with van der Waals surface area (Å²) in [6, 6.07) is 16.6. The predicted molar refractivity (Wildman–Crippen MR) is 134 cm³/mol. The second-order valence-corrected chi connectivity index (χ2v) is 8.77. The van der Waals surface area contributed by atoms with E-state index in [1.54, 1.807) is 0 Å². The van der Waals surface area contributed by atoms with Crippen molar-refractivity contribution in [1.29, 1.82) is 0 Å². The average molecular weight is 449 g/mol. The van der Waals surface area contributed by atoms with Gasteiger partial charge in [0.25, 0.3) is 0 Å². The number of pyridine rings is 1. The number of hydrogen-bond donors (Lipinski definition) is 1. The number of nitrogens with one attached hydrogen (secondary N) is 1. The van der Waals surface area contributed by atoms with Crippen molar-refractivity contribution in [3.05, 3.63) is 65.2 Å². The van der Waals surface area contributed by atoms with Crippen LogP contribution in [-0.2, 0) is 0 Å². The minimum absolute atomic E-state index is 0.704. The molecular formula is C26H29ClN4O. The van der Waals surface area contributed by atoms with Gasteiger partial charge in [-0.15, -0.1) is 0 Å². The van der Waals surface area contributed by atoms with Crippen LogP contribution in [0.1, 0.15) is 18.4 Å². The Balaban J connectivity index is 1.06. The van der Waals surface area contributed by atoms with E-state index in [1.165, 1.54) is 11.1 Å². The van der Waals surface area contributed by atoms with E-state index < -0.39 is 0 Å². The standard InChI is InChI=1S/C26H29ClN4O/c27-23-9-3-8-22-21(23)7-4-10-24(22)31-17-15-30(16-18-31)14-1-2-19-32-25-12-11-20-6-5-13-28-26(20)29-25/h3-12H,1-2,13-19H2,(H,28,29). The van der Waals surface area contributed by atoms with Crippen LogP contribution in [0.4, 0.5) is 11.5 Å². The highest BCUT2D eigenvalue weighted by Crippen LogP contribution is 2.31. The van der Waals surface area contributed by atoms with Crippen LogP contribution in [-0.4, -0.2) is 55.8 Å². The van der Waals surface area contributed by atoms with E-state index in [0.717, 1.165) is 73.9 Å². The van der Waals surface area contributed by atoms with Crippen molar-refractivity contribution in [2.45, 2.75) is 12.8 Å². The fraction of sp³-hybridized carbons (Fsp3) is 0.346. The van der Waals surface area contributed by atoms with Crippen LogP contribution in [0.15, 0.2) is 54.6 Å². The van der Waals surface area contributed by atoms with Gasteiger partial charge in [0.05, 0.1) is 6.61 Å². The summed E-state index contributed by atoms with van der Waals surface area (Å²) in [4.78, 5) is 9.60. The summed E-state index contributed by atoms with van der Waals surface area (Å²) in [6.07, 6.45) is 6.36. The molecule has 5 nitrogen and oxygen atoms in total. The average Bonchev–Trinajstić information content (AvgIpc) is 2.84. The number of nitrogens with zero attached hydrogens (tertiary/aromatic N) is 3. The number of halogens is 1. The van der Waals surface area contributed by atoms with Crippen molar-refractivity contribution < 1.29 is 4.74 Å². The Bertz CT molecular complexity index is 1110. The molecule has 0 saturated carbocycles. The lowest BCUT2D eigenvalue weighted by atomic mass is 10.1. The molecule has 1 N–H and O–H groups in total. The van der Waals surface area contributed by atoms with Gasteiger partial charge in [0, 0.05) is 65.8 Å². The summed E-state index contributed by atoms with van der Waals surface area (Å²) >= 11 is 6.40. The van der Waals surface area contributed by atoms with E-state index in [1.807, 2.05) is 18.2 Å². The summed E-state index contributed by atoms with van der Waals surface area (Å²) in [5.41, 5.74) is 2.41. The number of aromatic nitrogens is 1. The Hall–Kier alpha value is -2.76. The van der Waals surface area contributed by atoms with Crippen LogP contribution in [0.2, 0.25) is 5.02 Å². The minimum atomic E-state index is 0.704. The van der Waals surface area contributed by atoms with Crippen LogP contribution in [0.3, 0.4) is 0 Å². The second-order valence-electron chi connectivity index (χ2n) is 8.37. The first-order valence-electron chi connectivity index (χ1n) is 11.5. The first-order valence-corrected chi connectivity index (χ1v) is 11.8. The normalized spacial score (nSPS) is 16.1. The Morgan fingerprint density at radius 2 is 1.78 bits per heavy atom. The summed E-state index contributed by atoms with van der Waals surface area (Å²) in [5, 5.41) is 6.48. The molecule has 2 aliphatic rings. The maximum absolute atomic E-state index is 6.40. The summed E-state index contributed by atoms with van der Waals surface area (Å²) in [5.74, 6) is 1.62. The van der Waals surface area contributed by atoms with Crippen LogP contribution in [0.25, 0.3) is 16.8 Å². The van der Waals surface area contributed by atoms with E-state index >= 15 is 0 Å². The molecule has 1 fully saturated rings. The van der Waals surface area contributed by atoms with Crippen molar-refractivity contribution in [2.24, 2.45) is 0 Å². The van der Waals surface area contributed by atoms with Crippen LogP contribution in [0.5, 0.6) is 5.88 Å². The van der Waals surface area contributed by atoms with E-state index in [4.69, 9.17) is 16.3 Å². The molecule has 6 heteroatoms. The Kier molecular flexibility index (Phi) is 6.46. The largest absolute Gasteiger partial charge is 0.478 e. The zero-order chi connectivity index (χ0) is 21.8. The van der Waals surface area contributed by atoms with E-state index in [2.05, 4.69) is 62.6 Å². The Morgan fingerprint density at radius 1 is 0.938 bits per heavy atom. The predicted octanol–water partition coefficient (Wildman–Crippen LogP) is 5.31. The monoisotopic (exact) mass is 448 g/mol. The fourth-order valence-electron chi connectivity index (χ4n) is 4.51. The lowest BCUT2D eigenvalue weighted by molar-refractivity contribution is 0.237. The van der Waals surface area contributed by atoms with Gasteiger partial charge in [0.15, 0.2) is 0 Å². The van der Waals surface area contributed by atoms with Crippen LogP contribution in [0, 0.1) is 0 Å². The molecule has 0 unspecified atom stereocenters. The first kappa shape index (κ1) is 21.1. The molecule has 0 radical (unpaired) electrons. The zero-order valence-electron chi connectivity index (χ0n) is 18.3. The molecule has 0 spiro atoms. The molecule has 3 aromatic rings. The topological polar surface area (TPSA) is 40.6 Å². The van der Waals surface area contributed by atoms with Crippen molar-refractivity contribution >= 4 is 40.0 Å². The van der Waals surface area contributed by atoms with Crippen molar-refractivity contribution in [3.8, 4) is 5.88 Å². The minimum Gasteiger partial charge on any atom is -0.478 e. The van der Waals surface area contributed by atoms with Crippen molar-refractivity contribution in [1.82, 2.24) is 9.88 Å². The van der Waals surface area contributed by atoms with E-state index in [9.17, 15) is 0 Å². The molecule has 3 heterocycles. The van der Waals surface area contributed by atoms with Crippen LogP contribution < -0.4 is 15.0 Å². The highest BCUT2D eigenvalue weighted by atomic mass is 35.5. The molecule has 0 aliphatic carbocycles. The highest BCUT2D eigenvalue weighted by molar-refractivity contribution is 6.35. The molecule has 32 heavy (non-hydrogen) atoms. The number of hydrogen-bond acceptors (Lipinski definition) is 5. The molecule has 1 saturated heterocycles. The van der Waals surface area contributed by atoms with Crippen LogP contribution >= 0.6 is 11.6 Å². The van der Waals surface area contributed by atoms with Gasteiger partial charge in [-0.1, -0.05) is 48.0 Å². The number of unbranched alkanes of at least 4 members (excludes halogenated alkanes) is 1. The summed E-state index contributed by atoms with van der Waals surface area (Å²) in [7, 11) is 0. The number of piperazine rings is 1. The van der Waals surface area contributed by atoms with Gasteiger partial charge in [-0.25, -0.2) is 0 Å². The SMILES string of the molecule is Clc1cccc2c(N3CCN(CCCCOc4ccc5c(n4)NCC=C5)CC3)cccc12. The maximum Gasteiger partial charge on any atom is 0.215 e. The van der Waals surface area contributed by atoms with Gasteiger partial charge in [-0.05, 0) is 37.6 Å². The van der Waals surface area contributed by atoms with E-state index in [-0.39, 0.29) is 0 Å². The Morgan fingerprint density at radius 3 is 2.69 bits per heavy atom. The van der Waals surface area contributed by atoms with Crippen molar-refractivity contribution in [2.75, 3.05) is 56.1 Å². The van der Waals surface area contributed by atoms with Gasteiger partial charge in [0.1, 0.15) is 5.82 Å². The molecule has 2 aliphatic heterocycles. The Labute approximate surface area is 194 Å². The van der Waals surface area contributed by atoms with Gasteiger partial charge in [-0.3, -0.25) is 4.90 Å². The lowest BCUT2D eigenvalue weighted by Crippen LogP contribution is -2.46. The molecule has 2 aromatic carbocycles. The van der Waals surface area contributed by atoms with Gasteiger partial charge in [0.2, 0.25) is 5.88 Å². The third-order valence-electron chi connectivity index (χ3n) is 6.26. The van der Waals surface area contributed by atoms with Gasteiger partial charge in [-0.2, -0.15) is 4.98 Å². The molecule has 5 rings (SSSR count). The molecule has 166 valence electrons. The number of anilines is 2. The smallest absolute Gasteiger partial charge is 0.215 e. The van der Waals surface area contributed by atoms with Gasteiger partial charge >= 0.3 is 0 Å². The quantitative estimate of drug-likeness (QED) is 0.496. The zero-order valence-corrected chi connectivity index (χ0v) is 19.0. The number of benzene rings is 2.